The van der Waals surface area contributed by atoms with E-state index in [4.69, 9.17) is 5.73 Å². The topological polar surface area (TPSA) is 58.4 Å². The third-order valence-electron chi connectivity index (χ3n) is 4.69. The summed E-state index contributed by atoms with van der Waals surface area (Å²) in [5, 5.41) is 3.16. The second kappa shape index (κ2) is 4.77. The molecule has 108 valence electrons. The van der Waals surface area contributed by atoms with E-state index in [1.165, 1.54) is 11.1 Å². The lowest BCUT2D eigenvalue weighted by atomic mass is 9.74. The van der Waals surface area contributed by atoms with Gasteiger partial charge in [0, 0.05) is 18.1 Å². The van der Waals surface area contributed by atoms with E-state index in [1.54, 1.807) is 0 Å². The Labute approximate surface area is 120 Å². The van der Waals surface area contributed by atoms with Crippen molar-refractivity contribution in [3.8, 4) is 0 Å². The lowest BCUT2D eigenvalue weighted by Gasteiger charge is -2.46. The number of fused-ring (bicyclic) bond motifs is 1. The molecule has 4 heteroatoms. The maximum absolute atomic E-state index is 12.5. The zero-order chi connectivity index (χ0) is 14.3. The Morgan fingerprint density at radius 1 is 1.40 bits per heavy atom. The molecule has 1 aromatic carbocycles. The second-order valence-corrected chi connectivity index (χ2v) is 6.48. The van der Waals surface area contributed by atoms with Crippen LogP contribution in [0.15, 0.2) is 24.3 Å². The van der Waals surface area contributed by atoms with E-state index < -0.39 is 0 Å². The number of nitrogens with one attached hydrogen (secondary N) is 1. The van der Waals surface area contributed by atoms with Gasteiger partial charge < -0.3 is 16.0 Å². The van der Waals surface area contributed by atoms with E-state index in [0.29, 0.717) is 0 Å². The zero-order valence-electron chi connectivity index (χ0n) is 12.2. The number of hydrogen-bond acceptors (Lipinski definition) is 2. The predicted octanol–water partition coefficient (Wildman–Crippen LogP) is 2.20. The van der Waals surface area contributed by atoms with Crippen molar-refractivity contribution >= 4 is 6.03 Å². The first-order valence-corrected chi connectivity index (χ1v) is 7.41. The molecule has 2 aliphatic rings. The average Bonchev–Trinajstić information content (AvgIpc) is 2.37. The fourth-order valence-corrected chi connectivity index (χ4v) is 3.58. The van der Waals surface area contributed by atoms with Crippen LogP contribution in [0.25, 0.3) is 0 Å². The first-order chi connectivity index (χ1) is 9.48. The number of nitrogens with zero attached hydrogens (tertiary/aromatic N) is 1. The van der Waals surface area contributed by atoms with Crippen LogP contribution >= 0.6 is 0 Å². The van der Waals surface area contributed by atoms with Crippen LogP contribution in [-0.2, 0) is 6.42 Å². The van der Waals surface area contributed by atoms with Crippen LogP contribution in [0.1, 0.15) is 43.9 Å². The number of rotatable bonds is 1. The van der Waals surface area contributed by atoms with E-state index in [-0.39, 0.29) is 23.7 Å². The van der Waals surface area contributed by atoms with Crippen molar-refractivity contribution < 1.29 is 4.79 Å². The van der Waals surface area contributed by atoms with Gasteiger partial charge in [0.1, 0.15) is 0 Å². The highest BCUT2D eigenvalue weighted by molar-refractivity contribution is 5.76. The minimum absolute atomic E-state index is 0.0430. The minimum Gasteiger partial charge on any atom is -0.333 e. The van der Waals surface area contributed by atoms with Crippen LogP contribution in [0, 0.1) is 0 Å². The average molecular weight is 273 g/mol. The number of carbonyl (C=O) groups excluding carboxylic acids is 1. The molecular formula is C16H23N3O. The van der Waals surface area contributed by atoms with Gasteiger partial charge in [0.15, 0.2) is 0 Å². The first kappa shape index (κ1) is 13.4. The number of amides is 2. The van der Waals surface area contributed by atoms with E-state index >= 15 is 0 Å². The monoisotopic (exact) mass is 273 g/mol. The molecule has 1 heterocycles. The van der Waals surface area contributed by atoms with Gasteiger partial charge in [0.25, 0.3) is 0 Å². The third-order valence-corrected chi connectivity index (χ3v) is 4.69. The van der Waals surface area contributed by atoms with Crippen molar-refractivity contribution in [2.45, 2.75) is 50.7 Å². The lowest BCUT2D eigenvalue weighted by molar-refractivity contribution is 0.133. The smallest absolute Gasteiger partial charge is 0.318 e. The molecule has 0 aromatic heterocycles. The van der Waals surface area contributed by atoms with Crippen LogP contribution in [0.5, 0.6) is 0 Å². The summed E-state index contributed by atoms with van der Waals surface area (Å²) in [6.45, 7) is 4.97. The van der Waals surface area contributed by atoms with Crippen LogP contribution in [0.3, 0.4) is 0 Å². The first-order valence-electron chi connectivity index (χ1n) is 7.41. The number of urea groups is 1. The number of carbonyl (C=O) groups is 1. The molecule has 0 saturated heterocycles. The van der Waals surface area contributed by atoms with Gasteiger partial charge in [-0.2, -0.15) is 0 Å². The molecule has 1 aliphatic carbocycles. The number of nitrogens with two attached hydrogens (primary N) is 1. The van der Waals surface area contributed by atoms with E-state index in [0.717, 1.165) is 25.8 Å². The third kappa shape index (κ3) is 2.29. The fourth-order valence-electron chi connectivity index (χ4n) is 3.58. The summed E-state index contributed by atoms with van der Waals surface area (Å²) in [5.41, 5.74) is 8.35. The van der Waals surface area contributed by atoms with Crippen molar-refractivity contribution in [1.29, 1.82) is 0 Å². The van der Waals surface area contributed by atoms with Gasteiger partial charge in [0.05, 0.1) is 6.04 Å². The Bertz CT molecular complexity index is 522. The van der Waals surface area contributed by atoms with E-state index in [9.17, 15) is 4.79 Å². The van der Waals surface area contributed by atoms with Crippen LogP contribution in [0.2, 0.25) is 0 Å². The van der Waals surface area contributed by atoms with Gasteiger partial charge in [-0.05, 0) is 44.2 Å². The van der Waals surface area contributed by atoms with Crippen molar-refractivity contribution in [2.24, 2.45) is 5.73 Å². The van der Waals surface area contributed by atoms with Gasteiger partial charge in [-0.15, -0.1) is 0 Å². The number of hydrogen-bond donors (Lipinski definition) is 2. The van der Waals surface area contributed by atoms with Gasteiger partial charge in [0.2, 0.25) is 0 Å². The highest BCUT2D eigenvalue weighted by atomic mass is 16.2. The molecule has 0 spiro atoms. The van der Waals surface area contributed by atoms with Crippen molar-refractivity contribution in [3.63, 3.8) is 0 Å². The number of benzene rings is 1. The molecule has 4 nitrogen and oxygen atoms in total. The minimum atomic E-state index is -0.118. The van der Waals surface area contributed by atoms with E-state index in [1.807, 2.05) is 11.0 Å². The summed E-state index contributed by atoms with van der Waals surface area (Å²) in [6, 6.07) is 8.81. The SMILES string of the molecule is C[C@H]1c2ccccc2CCN1C(=O)NC1(C)CC(N)C1. The summed E-state index contributed by atoms with van der Waals surface area (Å²) < 4.78 is 0. The zero-order valence-corrected chi connectivity index (χ0v) is 12.2. The molecule has 0 bridgehead atoms. The summed E-state index contributed by atoms with van der Waals surface area (Å²) in [6.07, 6.45) is 2.68. The second-order valence-electron chi connectivity index (χ2n) is 6.48. The normalized spacial score (nSPS) is 32.2. The maximum Gasteiger partial charge on any atom is 0.318 e. The molecule has 1 atom stereocenters. The quantitative estimate of drug-likeness (QED) is 0.824. The van der Waals surface area contributed by atoms with Gasteiger partial charge in [-0.3, -0.25) is 0 Å². The summed E-state index contributed by atoms with van der Waals surface area (Å²) in [7, 11) is 0. The molecule has 0 radical (unpaired) electrons. The van der Waals surface area contributed by atoms with Crippen molar-refractivity contribution in [1.82, 2.24) is 10.2 Å². The Kier molecular flexibility index (Phi) is 3.21. The van der Waals surface area contributed by atoms with E-state index in [2.05, 4.69) is 37.4 Å². The standard InChI is InChI=1S/C16H23N3O/c1-11-14-6-4-3-5-12(14)7-8-19(11)15(20)18-16(2)9-13(17)10-16/h3-6,11,13H,7-10,17H2,1-2H3,(H,18,20)/t11-,13?,16?/m0/s1. The van der Waals surface area contributed by atoms with Crippen LogP contribution in [0.4, 0.5) is 4.79 Å². The molecule has 1 saturated carbocycles. The molecule has 1 fully saturated rings. The van der Waals surface area contributed by atoms with Crippen molar-refractivity contribution in [2.75, 3.05) is 6.54 Å². The lowest BCUT2D eigenvalue weighted by Crippen LogP contribution is -2.62. The molecule has 0 unspecified atom stereocenters. The van der Waals surface area contributed by atoms with Crippen molar-refractivity contribution in [3.05, 3.63) is 35.4 Å². The summed E-state index contributed by atoms with van der Waals surface area (Å²) in [5.74, 6) is 0. The van der Waals surface area contributed by atoms with Crippen LogP contribution in [-0.4, -0.2) is 29.1 Å². The highest BCUT2D eigenvalue weighted by Crippen LogP contribution is 2.33. The molecule has 3 N–H and O–H groups in total. The summed E-state index contributed by atoms with van der Waals surface area (Å²) in [4.78, 5) is 14.4. The maximum atomic E-state index is 12.5. The molecule has 20 heavy (non-hydrogen) atoms. The van der Waals surface area contributed by atoms with Crippen LogP contribution < -0.4 is 11.1 Å². The summed E-state index contributed by atoms with van der Waals surface area (Å²) >= 11 is 0. The molecule has 2 amide bonds. The molecule has 1 aliphatic heterocycles. The molecular weight excluding hydrogens is 250 g/mol. The molecule has 3 rings (SSSR count). The van der Waals surface area contributed by atoms with Gasteiger partial charge in [-0.1, -0.05) is 24.3 Å². The fraction of sp³-hybridized carbons (Fsp3) is 0.562. The Hall–Kier alpha value is -1.55. The van der Waals surface area contributed by atoms with Gasteiger partial charge >= 0.3 is 6.03 Å². The predicted molar refractivity (Wildman–Crippen MR) is 79.4 cm³/mol. The molecule has 1 aromatic rings. The van der Waals surface area contributed by atoms with Gasteiger partial charge in [-0.25, -0.2) is 4.79 Å². The highest BCUT2D eigenvalue weighted by Gasteiger charge is 2.41. The largest absolute Gasteiger partial charge is 0.333 e. The Morgan fingerprint density at radius 2 is 2.10 bits per heavy atom. The Morgan fingerprint density at radius 3 is 2.80 bits per heavy atom. The Balaban J connectivity index is 1.71.